The third-order valence-electron chi connectivity index (χ3n) is 3.16. The van der Waals surface area contributed by atoms with Crippen LogP contribution < -0.4 is 0 Å². The average Bonchev–Trinajstić information content (AvgIpc) is 2.43. The van der Waals surface area contributed by atoms with Crippen LogP contribution in [0.2, 0.25) is 5.02 Å². The maximum atomic E-state index is 12.4. The molecule has 0 aromatic heterocycles. The van der Waals surface area contributed by atoms with Gasteiger partial charge in [0, 0.05) is 15.5 Å². The van der Waals surface area contributed by atoms with Gasteiger partial charge < -0.3 is 0 Å². The maximum Gasteiger partial charge on any atom is 0.175 e. The summed E-state index contributed by atoms with van der Waals surface area (Å²) >= 11 is 7.65. The molecule has 0 N–H and O–H groups in total. The number of hydrogen-bond acceptors (Lipinski definition) is 2. The first kappa shape index (κ1) is 15.1. The third-order valence-corrected chi connectivity index (χ3v) is 4.68. The SMILES string of the molecule is Cc1ccc(SC(C)C(=O)c2ccc(C)c(Cl)c2)cc1. The van der Waals surface area contributed by atoms with E-state index in [0.29, 0.717) is 10.6 Å². The zero-order valence-corrected chi connectivity index (χ0v) is 13.4. The number of carbonyl (C=O) groups excluding carboxylic acids is 1. The Bertz CT molecular complexity index is 619. The molecule has 2 aromatic carbocycles. The Morgan fingerprint density at radius 1 is 1.10 bits per heavy atom. The van der Waals surface area contributed by atoms with Crippen LogP contribution in [0, 0.1) is 13.8 Å². The lowest BCUT2D eigenvalue weighted by Crippen LogP contribution is -2.13. The minimum absolute atomic E-state index is 0.109. The number of ketones is 1. The lowest BCUT2D eigenvalue weighted by molar-refractivity contribution is 0.0994. The summed E-state index contributed by atoms with van der Waals surface area (Å²) in [7, 11) is 0. The van der Waals surface area contributed by atoms with E-state index in [1.807, 2.05) is 38.1 Å². The maximum absolute atomic E-state index is 12.4. The first-order chi connectivity index (χ1) is 9.47. The van der Waals surface area contributed by atoms with Crippen LogP contribution in [-0.2, 0) is 0 Å². The van der Waals surface area contributed by atoms with Gasteiger partial charge in [-0.05, 0) is 44.5 Å². The quantitative estimate of drug-likeness (QED) is 0.561. The zero-order chi connectivity index (χ0) is 14.7. The van der Waals surface area contributed by atoms with Crippen LogP contribution in [0.15, 0.2) is 47.4 Å². The highest BCUT2D eigenvalue weighted by Gasteiger charge is 2.17. The molecule has 0 spiro atoms. The molecule has 3 heteroatoms. The molecule has 0 saturated heterocycles. The van der Waals surface area contributed by atoms with Crippen molar-refractivity contribution in [2.75, 3.05) is 0 Å². The topological polar surface area (TPSA) is 17.1 Å². The van der Waals surface area contributed by atoms with Crippen LogP contribution >= 0.6 is 23.4 Å². The molecular weight excluding hydrogens is 288 g/mol. The Labute approximate surface area is 129 Å². The number of carbonyl (C=O) groups is 1. The van der Waals surface area contributed by atoms with Gasteiger partial charge in [0.1, 0.15) is 0 Å². The van der Waals surface area contributed by atoms with E-state index in [0.717, 1.165) is 10.5 Å². The van der Waals surface area contributed by atoms with E-state index in [1.165, 1.54) is 5.56 Å². The molecule has 0 amide bonds. The highest BCUT2D eigenvalue weighted by molar-refractivity contribution is 8.00. The zero-order valence-electron chi connectivity index (χ0n) is 11.8. The molecule has 104 valence electrons. The number of rotatable bonds is 4. The predicted octanol–water partition coefficient (Wildman–Crippen LogP) is 5.32. The fourth-order valence-corrected chi connectivity index (χ4v) is 2.98. The number of halogens is 1. The van der Waals surface area contributed by atoms with E-state index in [4.69, 9.17) is 11.6 Å². The molecule has 2 aromatic rings. The summed E-state index contributed by atoms with van der Waals surface area (Å²) in [6.07, 6.45) is 0. The largest absolute Gasteiger partial charge is 0.293 e. The summed E-state index contributed by atoms with van der Waals surface area (Å²) in [6.45, 7) is 5.92. The molecule has 0 bridgehead atoms. The van der Waals surface area contributed by atoms with E-state index in [9.17, 15) is 4.79 Å². The van der Waals surface area contributed by atoms with Crippen molar-refractivity contribution < 1.29 is 4.79 Å². The summed E-state index contributed by atoms with van der Waals surface area (Å²) in [5.74, 6) is 0.109. The Morgan fingerprint density at radius 2 is 1.75 bits per heavy atom. The molecule has 1 atom stereocenters. The lowest BCUT2D eigenvalue weighted by Gasteiger charge is -2.11. The summed E-state index contributed by atoms with van der Waals surface area (Å²) in [5, 5.41) is 0.514. The molecule has 0 fully saturated rings. The molecule has 0 radical (unpaired) electrons. The van der Waals surface area contributed by atoms with Crippen molar-refractivity contribution in [1.29, 1.82) is 0 Å². The molecule has 0 aliphatic carbocycles. The second-order valence-electron chi connectivity index (χ2n) is 4.90. The first-order valence-corrected chi connectivity index (χ1v) is 7.77. The second kappa shape index (κ2) is 6.47. The predicted molar refractivity (Wildman–Crippen MR) is 87.0 cm³/mol. The van der Waals surface area contributed by atoms with Crippen molar-refractivity contribution in [3.8, 4) is 0 Å². The average molecular weight is 305 g/mol. The summed E-state index contributed by atoms with van der Waals surface area (Å²) in [4.78, 5) is 13.5. The van der Waals surface area contributed by atoms with Crippen LogP contribution in [0.25, 0.3) is 0 Å². The van der Waals surface area contributed by atoms with E-state index in [1.54, 1.807) is 17.8 Å². The van der Waals surface area contributed by atoms with Gasteiger partial charge in [0.05, 0.1) is 5.25 Å². The van der Waals surface area contributed by atoms with Crippen LogP contribution in [0.1, 0.15) is 28.4 Å². The number of Topliss-reactive ketones (excluding diaryl/α,β-unsaturated/α-hetero) is 1. The highest BCUT2D eigenvalue weighted by Crippen LogP contribution is 2.27. The van der Waals surface area contributed by atoms with Gasteiger partial charge in [0.2, 0.25) is 0 Å². The van der Waals surface area contributed by atoms with Crippen molar-refractivity contribution >= 4 is 29.1 Å². The highest BCUT2D eigenvalue weighted by atomic mass is 35.5. The van der Waals surface area contributed by atoms with Gasteiger partial charge in [-0.25, -0.2) is 0 Å². The summed E-state index contributed by atoms with van der Waals surface area (Å²) < 4.78 is 0. The number of aryl methyl sites for hydroxylation is 2. The van der Waals surface area contributed by atoms with Crippen LogP contribution in [0.5, 0.6) is 0 Å². The van der Waals surface area contributed by atoms with Crippen molar-refractivity contribution in [2.24, 2.45) is 0 Å². The molecule has 2 rings (SSSR count). The Kier molecular flexibility index (Phi) is 4.90. The first-order valence-electron chi connectivity index (χ1n) is 6.51. The lowest BCUT2D eigenvalue weighted by atomic mass is 10.1. The van der Waals surface area contributed by atoms with Gasteiger partial charge in [0.25, 0.3) is 0 Å². The smallest absolute Gasteiger partial charge is 0.175 e. The fourth-order valence-electron chi connectivity index (χ4n) is 1.86. The normalized spacial score (nSPS) is 12.2. The molecule has 1 unspecified atom stereocenters. The van der Waals surface area contributed by atoms with E-state index in [2.05, 4.69) is 19.1 Å². The molecule has 0 aliphatic rings. The van der Waals surface area contributed by atoms with Gasteiger partial charge in [-0.1, -0.05) is 41.4 Å². The monoisotopic (exact) mass is 304 g/mol. The Hall–Kier alpha value is -1.25. The third kappa shape index (κ3) is 3.65. The molecule has 20 heavy (non-hydrogen) atoms. The van der Waals surface area contributed by atoms with Gasteiger partial charge in [-0.2, -0.15) is 0 Å². The van der Waals surface area contributed by atoms with Crippen LogP contribution in [-0.4, -0.2) is 11.0 Å². The molecular formula is C17H17ClOS. The number of benzene rings is 2. The fraction of sp³-hybridized carbons (Fsp3) is 0.235. The van der Waals surface area contributed by atoms with Crippen LogP contribution in [0.4, 0.5) is 0 Å². The van der Waals surface area contributed by atoms with Crippen LogP contribution in [0.3, 0.4) is 0 Å². The van der Waals surface area contributed by atoms with Gasteiger partial charge in [-0.15, -0.1) is 11.8 Å². The molecule has 1 nitrogen and oxygen atoms in total. The van der Waals surface area contributed by atoms with Gasteiger partial charge in [0.15, 0.2) is 5.78 Å². The minimum atomic E-state index is -0.128. The summed E-state index contributed by atoms with van der Waals surface area (Å²) in [5.41, 5.74) is 2.88. The van der Waals surface area contributed by atoms with Crippen molar-refractivity contribution in [3.63, 3.8) is 0 Å². The van der Waals surface area contributed by atoms with E-state index in [-0.39, 0.29) is 11.0 Å². The van der Waals surface area contributed by atoms with Gasteiger partial charge >= 0.3 is 0 Å². The summed E-state index contributed by atoms with van der Waals surface area (Å²) in [6, 6.07) is 13.7. The van der Waals surface area contributed by atoms with Gasteiger partial charge in [-0.3, -0.25) is 4.79 Å². The molecule has 0 aliphatic heterocycles. The number of thioether (sulfide) groups is 1. The second-order valence-corrected chi connectivity index (χ2v) is 6.72. The number of hydrogen-bond donors (Lipinski definition) is 0. The van der Waals surface area contributed by atoms with Crippen molar-refractivity contribution in [2.45, 2.75) is 30.9 Å². The van der Waals surface area contributed by atoms with Crippen molar-refractivity contribution in [1.82, 2.24) is 0 Å². The molecule has 0 saturated carbocycles. The Balaban J connectivity index is 2.11. The Morgan fingerprint density at radius 3 is 2.35 bits per heavy atom. The van der Waals surface area contributed by atoms with E-state index < -0.39 is 0 Å². The molecule has 0 heterocycles. The van der Waals surface area contributed by atoms with Crippen molar-refractivity contribution in [3.05, 3.63) is 64.2 Å². The van der Waals surface area contributed by atoms with E-state index >= 15 is 0 Å². The minimum Gasteiger partial charge on any atom is -0.293 e. The standard InChI is InChI=1S/C17H17ClOS/c1-11-4-8-15(9-5-11)20-13(3)17(19)14-7-6-12(2)16(18)10-14/h4-10,13H,1-3H3.